The molecule has 0 aliphatic carbocycles. The van der Waals surface area contributed by atoms with Gasteiger partial charge in [-0.15, -0.1) is 35.7 Å². The largest absolute Gasteiger partial charge is 2.00 e. The molecular weight excluding hydrogens is 856 g/mol. The number of aromatic nitrogens is 4. The van der Waals surface area contributed by atoms with Crippen molar-refractivity contribution < 1.29 is 25.8 Å². The van der Waals surface area contributed by atoms with Gasteiger partial charge in [0.2, 0.25) is 0 Å². The fraction of sp³-hybridized carbons (Fsp3) is 0.102. The quantitative estimate of drug-likeness (QED) is 0.150. The van der Waals surface area contributed by atoms with Gasteiger partial charge in [0.1, 0.15) is 5.82 Å². The molecule has 0 N–H and O–H groups in total. The number of ether oxygens (including phenoxy) is 1. The van der Waals surface area contributed by atoms with Gasteiger partial charge in [0.15, 0.2) is 0 Å². The molecule has 3 heterocycles. The van der Waals surface area contributed by atoms with Gasteiger partial charge in [-0.05, 0) is 101 Å². The molecule has 0 saturated carbocycles. The molecule has 0 aliphatic heterocycles. The van der Waals surface area contributed by atoms with Gasteiger partial charge in [-0.2, -0.15) is 16.7 Å². The molecule has 55 heavy (non-hydrogen) atoms. The van der Waals surface area contributed by atoms with E-state index in [1.807, 2.05) is 35.3 Å². The van der Waals surface area contributed by atoms with E-state index in [0.717, 1.165) is 50.0 Å². The van der Waals surface area contributed by atoms with E-state index in [2.05, 4.69) is 161 Å². The van der Waals surface area contributed by atoms with Crippen LogP contribution in [-0.2, 0) is 21.1 Å². The zero-order valence-electron chi connectivity index (χ0n) is 31.3. The molecular formula is C49H38N4OPt. The molecule has 0 saturated heterocycles. The Morgan fingerprint density at radius 2 is 1.24 bits per heavy atom. The maximum absolute atomic E-state index is 6.54. The Morgan fingerprint density at radius 3 is 1.93 bits per heavy atom. The van der Waals surface area contributed by atoms with Crippen LogP contribution in [0.2, 0.25) is 0 Å². The van der Waals surface area contributed by atoms with Gasteiger partial charge < -0.3 is 9.30 Å². The standard InChI is InChI=1S/C49H38N4O.Pt/c1-31-22-23-50-46(26-31)53-44-19-13-12-18-42(44)43-21-20-40(28-45(43)53)54-41-25-32(2)24-39(27-41)52-30-38(29-51-52)49-47(36-14-8-6-9-15-36)34(4)33(3)35(5)48(49)37-16-10-7-11-17-37;/h6-26,29-30H,1-5H3;/q-2;+2. The molecule has 9 aromatic rings. The molecule has 5 nitrogen and oxygen atoms in total. The second-order valence-corrected chi connectivity index (χ2v) is 14.0. The van der Waals surface area contributed by atoms with E-state index in [4.69, 9.17) is 14.8 Å². The smallest absolute Gasteiger partial charge is 0.509 e. The molecule has 0 bridgehead atoms. The Hall–Kier alpha value is -6.03. The summed E-state index contributed by atoms with van der Waals surface area (Å²) in [5.41, 5.74) is 15.8. The first-order chi connectivity index (χ1) is 26.3. The molecule has 6 aromatic carbocycles. The number of para-hydroxylation sites is 1. The first-order valence-corrected chi connectivity index (χ1v) is 18.2. The van der Waals surface area contributed by atoms with Gasteiger partial charge >= 0.3 is 21.1 Å². The molecule has 0 spiro atoms. The van der Waals surface area contributed by atoms with Crippen LogP contribution in [0.25, 0.3) is 66.7 Å². The number of nitrogens with zero attached hydrogens (tertiary/aromatic N) is 4. The van der Waals surface area contributed by atoms with Crippen LogP contribution in [-0.4, -0.2) is 19.3 Å². The van der Waals surface area contributed by atoms with Crippen molar-refractivity contribution in [3.63, 3.8) is 0 Å². The van der Waals surface area contributed by atoms with Gasteiger partial charge in [0, 0.05) is 40.5 Å². The van der Waals surface area contributed by atoms with E-state index in [1.165, 1.54) is 44.5 Å². The van der Waals surface area contributed by atoms with Gasteiger partial charge in [-0.25, -0.2) is 4.98 Å². The van der Waals surface area contributed by atoms with Gasteiger partial charge in [-0.3, -0.25) is 4.68 Å². The third kappa shape index (κ3) is 6.49. The summed E-state index contributed by atoms with van der Waals surface area (Å²) in [5, 5.41) is 7.16. The Labute approximate surface area is 336 Å². The van der Waals surface area contributed by atoms with Crippen LogP contribution < -0.4 is 4.74 Å². The van der Waals surface area contributed by atoms with E-state index >= 15 is 0 Å². The zero-order valence-corrected chi connectivity index (χ0v) is 33.6. The summed E-state index contributed by atoms with van der Waals surface area (Å²) in [6, 6.07) is 49.1. The van der Waals surface area contributed by atoms with Crippen LogP contribution in [0.15, 0.2) is 140 Å². The van der Waals surface area contributed by atoms with Crippen LogP contribution in [0.5, 0.6) is 11.5 Å². The minimum atomic E-state index is 0. The van der Waals surface area contributed by atoms with E-state index in [0.29, 0.717) is 11.5 Å². The average Bonchev–Trinajstić information content (AvgIpc) is 3.81. The van der Waals surface area contributed by atoms with E-state index in [9.17, 15) is 0 Å². The van der Waals surface area contributed by atoms with E-state index in [1.54, 1.807) is 0 Å². The summed E-state index contributed by atoms with van der Waals surface area (Å²) in [7, 11) is 0. The first kappa shape index (κ1) is 36.0. The summed E-state index contributed by atoms with van der Waals surface area (Å²) >= 11 is 0. The summed E-state index contributed by atoms with van der Waals surface area (Å²) in [5.74, 6) is 2.03. The predicted molar refractivity (Wildman–Crippen MR) is 220 cm³/mol. The van der Waals surface area contributed by atoms with Gasteiger partial charge in [-0.1, -0.05) is 91.3 Å². The Balaban J connectivity index is 0.00000427. The number of aryl methyl sites for hydroxylation is 2. The van der Waals surface area contributed by atoms with E-state index < -0.39 is 0 Å². The molecule has 0 radical (unpaired) electrons. The van der Waals surface area contributed by atoms with Crippen molar-refractivity contribution in [1.29, 1.82) is 0 Å². The molecule has 0 fully saturated rings. The number of benzene rings is 6. The van der Waals surface area contributed by atoms with E-state index in [-0.39, 0.29) is 21.1 Å². The van der Waals surface area contributed by atoms with Crippen LogP contribution in [0, 0.1) is 46.8 Å². The van der Waals surface area contributed by atoms with Crippen molar-refractivity contribution in [3.8, 4) is 56.4 Å². The molecule has 0 aliphatic rings. The Bertz CT molecular complexity index is 2790. The predicted octanol–water partition coefficient (Wildman–Crippen LogP) is 12.3. The number of pyridine rings is 1. The van der Waals surface area contributed by atoms with Crippen LogP contribution in [0.3, 0.4) is 0 Å². The summed E-state index contributed by atoms with van der Waals surface area (Å²) < 4.78 is 10.6. The molecule has 270 valence electrons. The monoisotopic (exact) mass is 893 g/mol. The maximum Gasteiger partial charge on any atom is 2.00 e. The molecule has 9 rings (SSSR count). The Kier molecular flexibility index (Phi) is 9.59. The molecule has 3 aromatic heterocycles. The van der Waals surface area contributed by atoms with Gasteiger partial charge in [0.25, 0.3) is 0 Å². The summed E-state index contributed by atoms with van der Waals surface area (Å²) in [6.07, 6.45) is 5.93. The normalized spacial score (nSPS) is 11.2. The van der Waals surface area contributed by atoms with Crippen LogP contribution in [0.4, 0.5) is 0 Å². The zero-order chi connectivity index (χ0) is 36.9. The maximum atomic E-state index is 6.54. The summed E-state index contributed by atoms with van der Waals surface area (Å²) in [4.78, 5) is 4.72. The van der Waals surface area contributed by atoms with Crippen molar-refractivity contribution in [2.75, 3.05) is 0 Å². The van der Waals surface area contributed by atoms with Gasteiger partial charge in [0.05, 0.1) is 6.20 Å². The fourth-order valence-electron chi connectivity index (χ4n) is 7.73. The van der Waals surface area contributed by atoms with Crippen molar-refractivity contribution in [3.05, 3.63) is 180 Å². The molecule has 0 amide bonds. The minimum absolute atomic E-state index is 0. The topological polar surface area (TPSA) is 44.9 Å². The average molecular weight is 894 g/mol. The number of hydrogen-bond donors (Lipinski definition) is 0. The number of hydrogen-bond acceptors (Lipinski definition) is 3. The SMILES string of the molecule is Cc1cc(Oc2[c-]c3c(cc2)c2ccccc2n3-c2cc(C)ccn2)[c-]c(-n2cc(-c3c(-c4ccccc4)c(C)c(C)c(C)c3-c3ccccc3)cn2)c1.[Pt+2]. The second-order valence-electron chi connectivity index (χ2n) is 14.0. The number of rotatable bonds is 7. The van der Waals surface area contributed by atoms with Crippen molar-refractivity contribution in [2.24, 2.45) is 0 Å². The molecule has 0 atom stereocenters. The number of fused-ring (bicyclic) bond motifs is 3. The van der Waals surface area contributed by atoms with Crippen molar-refractivity contribution in [2.45, 2.75) is 34.6 Å². The molecule has 0 unspecified atom stereocenters. The van der Waals surface area contributed by atoms with Crippen LogP contribution >= 0.6 is 0 Å². The second kappa shape index (κ2) is 14.7. The first-order valence-electron chi connectivity index (χ1n) is 18.2. The molecule has 6 heteroatoms. The minimum Gasteiger partial charge on any atom is -0.509 e. The third-order valence-electron chi connectivity index (χ3n) is 10.5. The third-order valence-corrected chi connectivity index (χ3v) is 10.5. The van der Waals surface area contributed by atoms with Crippen molar-refractivity contribution >= 4 is 21.8 Å². The summed E-state index contributed by atoms with van der Waals surface area (Å²) in [6.45, 7) is 10.8. The van der Waals surface area contributed by atoms with Crippen molar-refractivity contribution in [1.82, 2.24) is 19.3 Å². The Morgan fingerprint density at radius 1 is 0.564 bits per heavy atom. The van der Waals surface area contributed by atoms with Crippen LogP contribution in [0.1, 0.15) is 27.8 Å². The fourth-order valence-corrected chi connectivity index (χ4v) is 7.73.